The first-order valence-corrected chi connectivity index (χ1v) is 5.83. The molecule has 1 aromatic carbocycles. The fraction of sp³-hybridized carbons (Fsp3) is 0.462. The summed E-state index contributed by atoms with van der Waals surface area (Å²) >= 11 is 0. The third-order valence-electron chi connectivity index (χ3n) is 3.00. The number of carbonyl (C=O) groups is 1. The highest BCUT2D eigenvalue weighted by molar-refractivity contribution is 5.95. The van der Waals surface area contributed by atoms with Gasteiger partial charge in [0.25, 0.3) is 5.91 Å². The molecule has 2 rings (SSSR count). The Kier molecular flexibility index (Phi) is 3.44. The SMILES string of the molecule is NC(=O)c1ccccc1OC1CCCCC1. The van der Waals surface area contributed by atoms with Crippen molar-refractivity contribution in [2.75, 3.05) is 0 Å². The van der Waals surface area contributed by atoms with E-state index in [0.29, 0.717) is 11.3 Å². The van der Waals surface area contributed by atoms with Crippen molar-refractivity contribution in [1.82, 2.24) is 0 Å². The van der Waals surface area contributed by atoms with Gasteiger partial charge >= 0.3 is 0 Å². The topological polar surface area (TPSA) is 52.3 Å². The van der Waals surface area contributed by atoms with Gasteiger partial charge in [-0.05, 0) is 37.8 Å². The summed E-state index contributed by atoms with van der Waals surface area (Å²) in [6, 6.07) is 7.19. The van der Waals surface area contributed by atoms with Gasteiger partial charge in [-0.2, -0.15) is 0 Å². The highest BCUT2D eigenvalue weighted by Crippen LogP contribution is 2.25. The fourth-order valence-electron chi connectivity index (χ4n) is 2.14. The number of hydrogen-bond donors (Lipinski definition) is 1. The molecule has 0 radical (unpaired) electrons. The first-order chi connectivity index (χ1) is 7.77. The molecule has 1 aliphatic carbocycles. The van der Waals surface area contributed by atoms with E-state index in [1.807, 2.05) is 12.1 Å². The van der Waals surface area contributed by atoms with Crippen molar-refractivity contribution in [1.29, 1.82) is 0 Å². The molecule has 0 unspecified atom stereocenters. The number of hydrogen-bond acceptors (Lipinski definition) is 2. The van der Waals surface area contributed by atoms with Crippen molar-refractivity contribution >= 4 is 5.91 Å². The Labute approximate surface area is 95.6 Å². The predicted octanol–water partition coefficient (Wildman–Crippen LogP) is 2.50. The molecule has 1 amide bonds. The molecule has 0 aromatic heterocycles. The van der Waals surface area contributed by atoms with Crippen molar-refractivity contribution in [3.8, 4) is 5.75 Å². The van der Waals surface area contributed by atoms with Crippen LogP contribution in [0.5, 0.6) is 5.75 Å². The molecule has 0 spiro atoms. The molecule has 0 aliphatic heterocycles. The van der Waals surface area contributed by atoms with Crippen LogP contribution in [-0.4, -0.2) is 12.0 Å². The van der Waals surface area contributed by atoms with Gasteiger partial charge in [0.2, 0.25) is 0 Å². The monoisotopic (exact) mass is 219 g/mol. The molecule has 0 heterocycles. The molecule has 3 nitrogen and oxygen atoms in total. The molecule has 1 aromatic rings. The van der Waals surface area contributed by atoms with E-state index in [0.717, 1.165) is 12.8 Å². The van der Waals surface area contributed by atoms with Crippen molar-refractivity contribution in [3.63, 3.8) is 0 Å². The second kappa shape index (κ2) is 5.01. The molecule has 2 N–H and O–H groups in total. The van der Waals surface area contributed by atoms with Gasteiger partial charge in [0.15, 0.2) is 0 Å². The van der Waals surface area contributed by atoms with Gasteiger partial charge in [-0.15, -0.1) is 0 Å². The highest BCUT2D eigenvalue weighted by atomic mass is 16.5. The Morgan fingerprint density at radius 3 is 2.56 bits per heavy atom. The van der Waals surface area contributed by atoms with E-state index in [-0.39, 0.29) is 6.10 Å². The summed E-state index contributed by atoms with van der Waals surface area (Å²) in [5.74, 6) is 0.202. The summed E-state index contributed by atoms with van der Waals surface area (Å²) in [5, 5.41) is 0. The van der Waals surface area contributed by atoms with E-state index in [9.17, 15) is 4.79 Å². The van der Waals surface area contributed by atoms with E-state index in [4.69, 9.17) is 10.5 Å². The van der Waals surface area contributed by atoms with Gasteiger partial charge in [0.1, 0.15) is 5.75 Å². The molecule has 1 fully saturated rings. The van der Waals surface area contributed by atoms with Gasteiger partial charge in [0, 0.05) is 0 Å². The second-order valence-corrected chi connectivity index (χ2v) is 4.24. The van der Waals surface area contributed by atoms with E-state index in [2.05, 4.69) is 0 Å². The maximum absolute atomic E-state index is 11.2. The van der Waals surface area contributed by atoms with Crippen molar-refractivity contribution in [2.45, 2.75) is 38.2 Å². The Bertz CT molecular complexity index is 370. The third-order valence-corrected chi connectivity index (χ3v) is 3.00. The van der Waals surface area contributed by atoms with Crippen LogP contribution in [0, 0.1) is 0 Å². The first kappa shape index (κ1) is 11.0. The van der Waals surface area contributed by atoms with E-state index < -0.39 is 5.91 Å². The number of carbonyl (C=O) groups excluding carboxylic acids is 1. The zero-order valence-electron chi connectivity index (χ0n) is 9.32. The lowest BCUT2D eigenvalue weighted by Crippen LogP contribution is -2.22. The van der Waals surface area contributed by atoms with Gasteiger partial charge in [-0.25, -0.2) is 0 Å². The van der Waals surface area contributed by atoms with Crippen LogP contribution in [0.3, 0.4) is 0 Å². The minimum atomic E-state index is -0.425. The van der Waals surface area contributed by atoms with Crippen LogP contribution < -0.4 is 10.5 Å². The molecule has 16 heavy (non-hydrogen) atoms. The van der Waals surface area contributed by atoms with Crippen LogP contribution in [0.4, 0.5) is 0 Å². The summed E-state index contributed by atoms with van der Waals surface area (Å²) in [7, 11) is 0. The Morgan fingerprint density at radius 2 is 1.88 bits per heavy atom. The molecule has 0 saturated heterocycles. The summed E-state index contributed by atoms with van der Waals surface area (Å²) < 4.78 is 5.85. The maximum atomic E-state index is 11.2. The van der Waals surface area contributed by atoms with Crippen LogP contribution in [0.1, 0.15) is 42.5 Å². The minimum absolute atomic E-state index is 0.245. The van der Waals surface area contributed by atoms with E-state index >= 15 is 0 Å². The lowest BCUT2D eigenvalue weighted by molar-refractivity contribution is 0.0988. The Hall–Kier alpha value is -1.51. The molecule has 1 aliphatic rings. The first-order valence-electron chi connectivity index (χ1n) is 5.83. The standard InChI is InChI=1S/C13H17NO2/c14-13(15)11-8-4-5-9-12(11)16-10-6-2-1-3-7-10/h4-5,8-10H,1-3,6-7H2,(H2,14,15). The molecule has 86 valence electrons. The van der Waals surface area contributed by atoms with Crippen molar-refractivity contribution < 1.29 is 9.53 Å². The average molecular weight is 219 g/mol. The van der Waals surface area contributed by atoms with Gasteiger partial charge < -0.3 is 10.5 Å². The number of nitrogens with two attached hydrogens (primary N) is 1. The van der Waals surface area contributed by atoms with E-state index in [1.54, 1.807) is 12.1 Å². The van der Waals surface area contributed by atoms with Crippen LogP contribution in [0.2, 0.25) is 0 Å². The largest absolute Gasteiger partial charge is 0.490 e. The van der Waals surface area contributed by atoms with Crippen LogP contribution in [0.25, 0.3) is 0 Å². The summed E-state index contributed by atoms with van der Waals surface area (Å²) in [6.07, 6.45) is 6.11. The third kappa shape index (κ3) is 2.54. The lowest BCUT2D eigenvalue weighted by atomic mass is 9.97. The zero-order chi connectivity index (χ0) is 11.4. The fourth-order valence-corrected chi connectivity index (χ4v) is 2.14. The molecule has 3 heteroatoms. The number of primary amides is 1. The predicted molar refractivity (Wildman–Crippen MR) is 62.5 cm³/mol. The van der Waals surface area contributed by atoms with Crippen molar-refractivity contribution in [3.05, 3.63) is 29.8 Å². The summed E-state index contributed by atoms with van der Waals surface area (Å²) in [4.78, 5) is 11.2. The summed E-state index contributed by atoms with van der Waals surface area (Å²) in [5.41, 5.74) is 5.78. The quantitative estimate of drug-likeness (QED) is 0.849. The summed E-state index contributed by atoms with van der Waals surface area (Å²) in [6.45, 7) is 0. The Morgan fingerprint density at radius 1 is 1.19 bits per heavy atom. The maximum Gasteiger partial charge on any atom is 0.252 e. The number of para-hydroxylation sites is 1. The molecule has 0 bridgehead atoms. The lowest BCUT2D eigenvalue weighted by Gasteiger charge is -2.23. The normalized spacial score (nSPS) is 17.0. The van der Waals surface area contributed by atoms with Crippen LogP contribution in [-0.2, 0) is 0 Å². The number of benzene rings is 1. The van der Waals surface area contributed by atoms with Gasteiger partial charge in [0.05, 0.1) is 11.7 Å². The van der Waals surface area contributed by atoms with Crippen LogP contribution in [0.15, 0.2) is 24.3 Å². The average Bonchev–Trinajstić information content (AvgIpc) is 2.31. The van der Waals surface area contributed by atoms with Crippen LogP contribution >= 0.6 is 0 Å². The smallest absolute Gasteiger partial charge is 0.252 e. The number of rotatable bonds is 3. The molecule has 0 atom stereocenters. The number of amides is 1. The molecular weight excluding hydrogens is 202 g/mol. The highest BCUT2D eigenvalue weighted by Gasteiger charge is 2.17. The van der Waals surface area contributed by atoms with Crippen molar-refractivity contribution in [2.24, 2.45) is 5.73 Å². The van der Waals surface area contributed by atoms with E-state index in [1.165, 1.54) is 19.3 Å². The van der Waals surface area contributed by atoms with Gasteiger partial charge in [-0.3, -0.25) is 4.79 Å². The molecule has 1 saturated carbocycles. The molecular formula is C13H17NO2. The van der Waals surface area contributed by atoms with Gasteiger partial charge in [-0.1, -0.05) is 18.6 Å². The minimum Gasteiger partial charge on any atom is -0.490 e. The Balaban J connectivity index is 2.10. The zero-order valence-corrected chi connectivity index (χ0v) is 9.32. The second-order valence-electron chi connectivity index (χ2n) is 4.24. The number of ether oxygens (including phenoxy) is 1.